The highest BCUT2D eigenvalue weighted by atomic mass is 19.1. The molecule has 116 valence electrons. The van der Waals surface area contributed by atoms with Crippen LogP contribution < -0.4 is 10.3 Å². The zero-order chi connectivity index (χ0) is 15.5. The Kier molecular flexibility index (Phi) is 3.95. The van der Waals surface area contributed by atoms with Gasteiger partial charge in [-0.25, -0.2) is 9.18 Å². The number of ether oxygens (including phenoxy) is 1. The monoisotopic (exact) mass is 306 g/mol. The fraction of sp³-hybridized carbons (Fsp3) is 0.333. The van der Waals surface area contributed by atoms with Crippen molar-refractivity contribution in [3.63, 3.8) is 0 Å². The summed E-state index contributed by atoms with van der Waals surface area (Å²) >= 11 is 0. The molecule has 2 heterocycles. The Morgan fingerprint density at radius 2 is 1.95 bits per heavy atom. The number of hydrogen-bond donors (Lipinski definition) is 1. The topological polar surface area (TPSA) is 75.5 Å². The molecule has 1 N–H and O–H groups in total. The maximum absolute atomic E-state index is 12.8. The summed E-state index contributed by atoms with van der Waals surface area (Å²) in [6, 6.07) is 6.74. The maximum atomic E-state index is 12.8. The highest BCUT2D eigenvalue weighted by Crippen LogP contribution is 2.27. The predicted octanol–water partition coefficient (Wildman–Crippen LogP) is 2.49. The zero-order valence-electron chi connectivity index (χ0n) is 11.8. The molecule has 0 aliphatic carbocycles. The van der Waals surface area contributed by atoms with Gasteiger partial charge < -0.3 is 14.2 Å². The van der Waals surface area contributed by atoms with Gasteiger partial charge in [-0.1, -0.05) is 0 Å². The van der Waals surface area contributed by atoms with E-state index >= 15 is 0 Å². The lowest BCUT2D eigenvalue weighted by atomic mass is 9.95. The fourth-order valence-electron chi connectivity index (χ4n) is 2.51. The molecule has 0 unspecified atom stereocenters. The second-order valence-electron chi connectivity index (χ2n) is 5.20. The molecule has 1 fully saturated rings. The van der Waals surface area contributed by atoms with E-state index in [-0.39, 0.29) is 17.3 Å². The van der Waals surface area contributed by atoms with Crippen molar-refractivity contribution in [1.29, 1.82) is 0 Å². The lowest BCUT2D eigenvalue weighted by molar-refractivity contribution is 0.135. The average Bonchev–Trinajstić information content (AvgIpc) is 2.96. The molecule has 1 aromatic carbocycles. The van der Waals surface area contributed by atoms with Crippen LogP contribution in [-0.2, 0) is 0 Å². The van der Waals surface area contributed by atoms with Gasteiger partial charge in [0.15, 0.2) is 0 Å². The van der Waals surface area contributed by atoms with Crippen molar-refractivity contribution in [2.24, 2.45) is 0 Å². The molecule has 22 heavy (non-hydrogen) atoms. The first-order valence-electron chi connectivity index (χ1n) is 7.02. The summed E-state index contributed by atoms with van der Waals surface area (Å²) in [5.74, 6) is 0.670. The van der Waals surface area contributed by atoms with E-state index in [9.17, 15) is 14.0 Å². The van der Waals surface area contributed by atoms with Crippen LogP contribution in [0.4, 0.5) is 9.18 Å². The lowest BCUT2D eigenvalue weighted by Crippen LogP contribution is -2.39. The molecule has 3 rings (SSSR count). The number of H-pyrrole nitrogens is 1. The third-order valence-corrected chi connectivity index (χ3v) is 3.72. The molecule has 2 aromatic rings. The quantitative estimate of drug-likeness (QED) is 0.925. The van der Waals surface area contributed by atoms with Crippen LogP contribution in [0.15, 0.2) is 39.6 Å². The SMILES string of the molecule is O=C(Oc1ccc(F)cc1)N1CCC(c2cc(=O)[nH]o2)CC1. The van der Waals surface area contributed by atoms with Gasteiger partial charge in [-0.2, -0.15) is 5.16 Å². The van der Waals surface area contributed by atoms with Crippen molar-refractivity contribution in [2.75, 3.05) is 13.1 Å². The van der Waals surface area contributed by atoms with E-state index in [2.05, 4.69) is 5.16 Å². The van der Waals surface area contributed by atoms with Gasteiger partial charge in [0.25, 0.3) is 5.56 Å². The van der Waals surface area contributed by atoms with Crippen molar-refractivity contribution in [1.82, 2.24) is 10.1 Å². The van der Waals surface area contributed by atoms with Gasteiger partial charge >= 0.3 is 6.09 Å². The molecule has 1 saturated heterocycles. The molecule has 0 atom stereocenters. The minimum absolute atomic E-state index is 0.119. The van der Waals surface area contributed by atoms with Crippen molar-refractivity contribution in [3.8, 4) is 5.75 Å². The predicted molar refractivity (Wildman–Crippen MR) is 75.3 cm³/mol. The molecule has 1 aliphatic heterocycles. The molecular weight excluding hydrogens is 291 g/mol. The van der Waals surface area contributed by atoms with E-state index in [1.165, 1.54) is 30.3 Å². The Bertz CT molecular complexity index is 699. The average molecular weight is 306 g/mol. The standard InChI is InChI=1S/C15H15FN2O4/c16-11-1-3-12(4-2-11)21-15(20)18-7-5-10(6-8-18)13-9-14(19)17-22-13/h1-4,9-10H,5-8H2,(H,17,19). The second-order valence-corrected chi connectivity index (χ2v) is 5.20. The fourth-order valence-corrected chi connectivity index (χ4v) is 2.51. The molecule has 6 nitrogen and oxygen atoms in total. The Morgan fingerprint density at radius 3 is 2.55 bits per heavy atom. The van der Waals surface area contributed by atoms with Crippen LogP contribution in [0.2, 0.25) is 0 Å². The largest absolute Gasteiger partial charge is 0.415 e. The zero-order valence-corrected chi connectivity index (χ0v) is 11.8. The number of nitrogens with one attached hydrogen (secondary N) is 1. The first-order chi connectivity index (χ1) is 10.6. The van der Waals surface area contributed by atoms with Crippen LogP contribution in [-0.4, -0.2) is 29.2 Å². The summed E-state index contributed by atoms with van der Waals surface area (Å²) in [6.45, 7) is 1.03. The number of likely N-dealkylation sites (tertiary alicyclic amines) is 1. The normalized spacial score (nSPS) is 15.8. The number of piperidine rings is 1. The second kappa shape index (κ2) is 6.05. The summed E-state index contributed by atoms with van der Waals surface area (Å²) < 4.78 is 23.1. The summed E-state index contributed by atoms with van der Waals surface area (Å²) in [6.07, 6.45) is 0.930. The summed E-state index contributed by atoms with van der Waals surface area (Å²) in [7, 11) is 0. The number of amides is 1. The van der Waals surface area contributed by atoms with E-state index in [4.69, 9.17) is 9.26 Å². The number of nitrogens with zero attached hydrogens (tertiary/aromatic N) is 1. The van der Waals surface area contributed by atoms with Crippen molar-refractivity contribution >= 4 is 6.09 Å². The molecule has 1 amide bonds. The highest BCUT2D eigenvalue weighted by Gasteiger charge is 2.27. The number of aromatic amines is 1. The van der Waals surface area contributed by atoms with Crippen LogP contribution in [0.1, 0.15) is 24.5 Å². The van der Waals surface area contributed by atoms with E-state index in [1.807, 2.05) is 0 Å². The number of benzene rings is 1. The Balaban J connectivity index is 1.55. The maximum Gasteiger partial charge on any atom is 0.415 e. The molecule has 0 radical (unpaired) electrons. The highest BCUT2D eigenvalue weighted by molar-refractivity contribution is 5.70. The molecule has 1 aliphatic rings. The Hall–Kier alpha value is -2.57. The Labute approximate surface area is 125 Å². The van der Waals surface area contributed by atoms with Crippen LogP contribution >= 0.6 is 0 Å². The molecule has 0 saturated carbocycles. The minimum atomic E-state index is -0.458. The molecule has 0 spiro atoms. The van der Waals surface area contributed by atoms with Gasteiger partial charge in [-0.3, -0.25) is 4.79 Å². The van der Waals surface area contributed by atoms with Gasteiger partial charge in [-0.15, -0.1) is 0 Å². The van der Waals surface area contributed by atoms with Gasteiger partial charge in [0.05, 0.1) is 0 Å². The first-order valence-corrected chi connectivity index (χ1v) is 7.02. The van der Waals surface area contributed by atoms with Crippen LogP contribution in [0.5, 0.6) is 5.75 Å². The van der Waals surface area contributed by atoms with Gasteiger partial charge in [0, 0.05) is 25.1 Å². The number of halogens is 1. The lowest BCUT2D eigenvalue weighted by Gasteiger charge is -2.29. The Morgan fingerprint density at radius 1 is 1.27 bits per heavy atom. The van der Waals surface area contributed by atoms with Crippen LogP contribution in [0, 0.1) is 5.82 Å². The number of carbonyl (C=O) groups is 1. The molecular formula is C15H15FN2O4. The van der Waals surface area contributed by atoms with E-state index < -0.39 is 6.09 Å². The smallest absolute Gasteiger partial charge is 0.410 e. The first kappa shape index (κ1) is 14.4. The van der Waals surface area contributed by atoms with Crippen molar-refractivity contribution in [2.45, 2.75) is 18.8 Å². The number of aromatic nitrogens is 1. The van der Waals surface area contributed by atoms with E-state index in [0.717, 1.165) is 0 Å². The number of carbonyl (C=O) groups excluding carboxylic acids is 1. The van der Waals surface area contributed by atoms with Gasteiger partial charge in [0.1, 0.15) is 17.3 Å². The summed E-state index contributed by atoms with van der Waals surface area (Å²) in [5, 5.41) is 2.27. The van der Waals surface area contributed by atoms with E-state index in [1.54, 1.807) is 4.90 Å². The van der Waals surface area contributed by atoms with Crippen molar-refractivity contribution in [3.05, 3.63) is 52.3 Å². The summed E-state index contributed by atoms with van der Waals surface area (Å²) in [4.78, 5) is 24.7. The van der Waals surface area contributed by atoms with E-state index in [0.29, 0.717) is 37.4 Å². The van der Waals surface area contributed by atoms with Crippen LogP contribution in [0.25, 0.3) is 0 Å². The number of hydrogen-bond acceptors (Lipinski definition) is 4. The summed E-state index contributed by atoms with van der Waals surface area (Å²) in [5.41, 5.74) is -0.256. The number of rotatable bonds is 2. The third kappa shape index (κ3) is 3.19. The third-order valence-electron chi connectivity index (χ3n) is 3.72. The molecule has 7 heteroatoms. The van der Waals surface area contributed by atoms with Crippen LogP contribution in [0.3, 0.4) is 0 Å². The van der Waals surface area contributed by atoms with Gasteiger partial charge in [-0.05, 0) is 37.1 Å². The molecule has 0 bridgehead atoms. The van der Waals surface area contributed by atoms with Crippen molar-refractivity contribution < 1.29 is 18.4 Å². The van der Waals surface area contributed by atoms with Gasteiger partial charge in [0.2, 0.25) is 0 Å². The minimum Gasteiger partial charge on any atom is -0.410 e. The molecule has 1 aromatic heterocycles.